The Labute approximate surface area is 527 Å². The van der Waals surface area contributed by atoms with Gasteiger partial charge in [-0.15, -0.1) is 0 Å². The van der Waals surface area contributed by atoms with E-state index >= 15 is 0 Å². The normalized spacial score (nSPS) is 28.0. The van der Waals surface area contributed by atoms with E-state index in [9.17, 15) is 21.9 Å². The third-order valence-corrected chi connectivity index (χ3v) is 14.0. The third kappa shape index (κ3) is 8.59. The van der Waals surface area contributed by atoms with Crippen LogP contribution in [0.15, 0.2) is 188 Å². The summed E-state index contributed by atoms with van der Waals surface area (Å²) >= 11 is 0. The van der Waals surface area contributed by atoms with Gasteiger partial charge >= 0.3 is 0 Å². The Balaban J connectivity index is 1.21. The molecule has 0 saturated heterocycles. The van der Waals surface area contributed by atoms with E-state index < -0.39 is 224 Å². The average molecular weight is 1080 g/mol. The molecule has 2 aliphatic rings. The molecule has 11 aromatic rings. The molecule has 0 spiro atoms. The Hall–Kier alpha value is -8.02. The third-order valence-electron chi connectivity index (χ3n) is 14.0. The number of para-hydroxylation sites is 4. The number of hydrogen-bond donors (Lipinski definition) is 0. The van der Waals surface area contributed by atoms with Crippen LogP contribution in [0.3, 0.4) is 0 Å². The molecule has 79 heavy (non-hydrogen) atoms. The van der Waals surface area contributed by atoms with E-state index in [0.717, 1.165) is 28.3 Å². The molecule has 0 radical (unpaired) electrons. The van der Waals surface area contributed by atoms with E-state index in [1.165, 1.54) is 53.1 Å². The molecule has 0 unspecified atom stereocenters. The molecule has 0 saturated carbocycles. The number of hydrogen-bond acceptors (Lipinski definition) is 2. The molecule has 2 aliphatic carbocycles. The maximum Gasteiger partial charge on any atom is 0.269 e. The number of rotatable bonds is 8. The number of benzene rings is 8. The first-order valence-electron chi connectivity index (χ1n) is 46.2. The van der Waals surface area contributed by atoms with Gasteiger partial charge in [0.1, 0.15) is 17.3 Å². The lowest BCUT2D eigenvalue weighted by molar-refractivity contribution is -0.571. The van der Waals surface area contributed by atoms with E-state index in [1.807, 2.05) is 49.6 Å². The maximum atomic E-state index is 10.5. The van der Waals surface area contributed by atoms with Crippen molar-refractivity contribution in [2.24, 2.45) is 0 Å². The first-order valence-corrected chi connectivity index (χ1v) is 24.7. The zero-order chi connectivity index (χ0) is 91.5. The van der Waals surface area contributed by atoms with Gasteiger partial charge in [0, 0.05) is 72.5 Å². The Morgan fingerprint density at radius 1 is 0.570 bits per heavy atom. The van der Waals surface area contributed by atoms with Crippen LogP contribution in [-0.2, 0) is 27.1 Å². The smallest absolute Gasteiger partial charge is 0.269 e. The second-order valence-corrected chi connectivity index (χ2v) is 20.4. The molecule has 0 amide bonds. The van der Waals surface area contributed by atoms with Crippen molar-refractivity contribution in [1.82, 2.24) is 14.1 Å². The van der Waals surface area contributed by atoms with E-state index in [4.69, 9.17) is 46.7 Å². The van der Waals surface area contributed by atoms with Crippen molar-refractivity contribution in [1.29, 1.82) is 0 Å². The van der Waals surface area contributed by atoms with Crippen molar-refractivity contribution in [2.45, 2.75) is 128 Å². The average Bonchev–Trinajstić information content (AvgIpc) is 0.687. The fourth-order valence-corrected chi connectivity index (χ4v) is 10.2. The summed E-state index contributed by atoms with van der Waals surface area (Å²) in [7, 11) is 0. The van der Waals surface area contributed by atoms with Gasteiger partial charge in [0.2, 0.25) is 0 Å². The van der Waals surface area contributed by atoms with Gasteiger partial charge in [0.05, 0.1) is 48.5 Å². The van der Waals surface area contributed by atoms with Crippen LogP contribution in [0.4, 0.5) is 0 Å². The number of imidazole rings is 1. The summed E-state index contributed by atoms with van der Waals surface area (Å²) < 4.78 is 410. The maximum absolute atomic E-state index is 10.5. The minimum absolute atomic E-state index is 0.0418. The summed E-state index contributed by atoms with van der Waals surface area (Å²) in [5.74, 6) is 0.157. The second-order valence-electron chi connectivity index (χ2n) is 20.4. The van der Waals surface area contributed by atoms with Crippen molar-refractivity contribution < 1.29 is 68.2 Å². The highest BCUT2D eigenvalue weighted by atomic mass is 16.5. The van der Waals surface area contributed by atoms with Crippen molar-refractivity contribution >= 4 is 32.8 Å². The van der Waals surface area contributed by atoms with E-state index in [-0.39, 0.29) is 39.3 Å². The summed E-state index contributed by atoms with van der Waals surface area (Å²) in [6.07, 6.45) is -14.8. The number of pyridine rings is 1. The van der Waals surface area contributed by atoms with Crippen LogP contribution in [0.1, 0.15) is 188 Å². The minimum Gasteiger partial charge on any atom is -0.457 e. The predicted octanol–water partition coefficient (Wildman–Crippen LogP) is 19.0. The summed E-state index contributed by atoms with van der Waals surface area (Å²) in [4.78, 5) is 4.78. The van der Waals surface area contributed by atoms with Gasteiger partial charge < -0.3 is 4.74 Å². The largest absolute Gasteiger partial charge is 0.457 e. The SMILES string of the molecule is [2H]c1c([2H])c([2H])c(-c2cc3c4ccccc4n(-c4cc(C(C)(C)C)ccn4)c3cc2Oc2cccc(-n3[c-][n+](-c4c(-c5c([2H])c([2H])c6c(c5[2H])C(C([2H])([2H])[2H])(C([2H])([2H])[2H])C([2H])([2H])C([2H])([2H])C6(C([2H])([2H])[2H])C([2H])([2H])[2H])cccc4-c4c([2H])c([2H])c5c(c4[2H])C(C([2H])([2H])[2H])(C([2H])([2H])[2H])C([2H])([2H])C([2H])([2H])C5(C([2H])([2H])[2H])C([2H])([2H])[2H])c4ccccc43)c2)c([2H])c1[2H]. The molecule has 13 rings (SSSR count). The molecule has 0 N–H and O–H groups in total. The lowest BCUT2D eigenvalue weighted by Crippen LogP contribution is -2.34. The second kappa shape index (κ2) is 18.3. The van der Waals surface area contributed by atoms with Crippen molar-refractivity contribution in [3.05, 3.63) is 222 Å². The molecule has 3 aromatic heterocycles. The lowest BCUT2D eigenvalue weighted by Gasteiger charge is -2.42. The number of aromatic nitrogens is 4. The Morgan fingerprint density at radius 3 is 1.82 bits per heavy atom. The van der Waals surface area contributed by atoms with Gasteiger partial charge in [0.15, 0.2) is 0 Å². The zero-order valence-electron chi connectivity index (χ0n) is 85.2. The molecule has 0 bridgehead atoms. The minimum atomic E-state index is -4.90. The summed E-state index contributed by atoms with van der Waals surface area (Å²) in [6.45, 7) is -30.8. The molecule has 0 atom stereocenters. The van der Waals surface area contributed by atoms with Gasteiger partial charge in [-0.05, 0) is 151 Å². The highest BCUT2D eigenvalue weighted by molar-refractivity contribution is 6.11. The van der Waals surface area contributed by atoms with E-state index in [0.29, 0.717) is 27.6 Å². The number of ether oxygens (including phenoxy) is 1. The van der Waals surface area contributed by atoms with Gasteiger partial charge in [0.25, 0.3) is 6.33 Å². The summed E-state index contributed by atoms with van der Waals surface area (Å²) in [5, 5.41) is 1.12. The van der Waals surface area contributed by atoms with Crippen LogP contribution >= 0.6 is 0 Å². The van der Waals surface area contributed by atoms with Crippen molar-refractivity contribution in [2.75, 3.05) is 0 Å². The van der Waals surface area contributed by atoms with Gasteiger partial charge in [-0.2, -0.15) is 0 Å². The van der Waals surface area contributed by atoms with E-state index in [1.54, 1.807) is 30.5 Å². The van der Waals surface area contributed by atoms with Crippen LogP contribution in [0.25, 0.3) is 83.4 Å². The molecular weight excluding hydrogens is 961 g/mol. The fourth-order valence-electron chi connectivity index (χ4n) is 10.2. The molecule has 5 nitrogen and oxygen atoms in total. The van der Waals surface area contributed by atoms with Crippen LogP contribution in [0, 0.1) is 6.33 Å². The van der Waals surface area contributed by atoms with Crippen LogP contribution < -0.4 is 9.30 Å². The van der Waals surface area contributed by atoms with Crippen LogP contribution in [0.2, 0.25) is 0 Å². The quantitative estimate of drug-likeness (QED) is 0.112. The standard InChI is InChI=1S/C74H72N4O/c1-70(2,3)51-35-40-75-68(43-51)78-63-28-16-15-25-56(63)58-45-57(48-21-13-12-14-22-48)67(46-66(58)78)79-53-24-19-23-52(44-53)76-47-77(65-30-18-17-29-64(65)76)69-54(49-31-33-59-61(41-49)73(8,9)38-36-71(59,4)5)26-20-27-55(69)50-32-34-60-62(42-50)74(10,11)39-37-72(60,6)7/h12-35,40-46H,36-39H2,1-11H3/i4D3,5D3,6D3,7D3,8D3,9D3,10D3,11D3,12D,13D,14D,21D,22D,31D,32D,33D,34D,36D2,37D2,38D2,39D2,41D,42D. The highest BCUT2D eigenvalue weighted by Crippen LogP contribution is 2.50. The molecule has 3 heterocycles. The molecule has 0 fully saturated rings. The number of fused-ring (bicyclic) bond motifs is 6. The van der Waals surface area contributed by atoms with E-state index in [2.05, 4.69) is 6.33 Å². The Morgan fingerprint density at radius 2 is 1.18 bits per heavy atom. The fraction of sp³-hybridized carbons (Fsp3) is 0.270. The highest BCUT2D eigenvalue weighted by Gasteiger charge is 2.39. The van der Waals surface area contributed by atoms with Crippen molar-refractivity contribution in [3.8, 4) is 62.1 Å². The molecule has 394 valence electrons. The molecular formula is C74H72N4O. The monoisotopic (exact) mass is 1080 g/mol. The topological polar surface area (TPSA) is 35.9 Å². The van der Waals surface area contributed by atoms with Gasteiger partial charge in [-0.25, -0.2) is 4.98 Å². The zero-order valence-corrected chi connectivity index (χ0v) is 42.2. The van der Waals surface area contributed by atoms with Gasteiger partial charge in [-0.3, -0.25) is 13.7 Å². The van der Waals surface area contributed by atoms with Crippen LogP contribution in [-0.4, -0.2) is 14.1 Å². The first kappa shape index (κ1) is 21.9. The lowest BCUT2D eigenvalue weighted by atomic mass is 9.62. The molecule has 8 aromatic carbocycles. The van der Waals surface area contributed by atoms with Gasteiger partial charge in [-0.1, -0.05) is 209 Å². The Bertz CT molecular complexity index is 5940. The van der Waals surface area contributed by atoms with Crippen molar-refractivity contribution in [3.63, 3.8) is 0 Å². The summed E-state index contributed by atoms with van der Waals surface area (Å²) in [6, 6.07) is 13.5. The Kier molecular flexibility index (Phi) is 5.07. The summed E-state index contributed by atoms with van der Waals surface area (Å²) in [5.41, 5.74) is -31.5. The first-order chi connectivity index (χ1) is 55.4. The molecule has 5 heteroatoms. The predicted molar refractivity (Wildman–Crippen MR) is 328 cm³/mol. The van der Waals surface area contributed by atoms with Crippen LogP contribution in [0.5, 0.6) is 11.5 Å². The molecule has 0 aliphatic heterocycles. The number of nitrogens with zero attached hydrogens (tertiary/aromatic N) is 4.